The molecule has 0 aliphatic carbocycles. The zero-order chi connectivity index (χ0) is 16.8. The van der Waals surface area contributed by atoms with Crippen molar-refractivity contribution in [2.45, 2.75) is 32.5 Å². The molecule has 1 aromatic heterocycles. The Kier molecular flexibility index (Phi) is 3.58. The van der Waals surface area contributed by atoms with Crippen molar-refractivity contribution in [3.8, 4) is 5.75 Å². The molecule has 1 atom stereocenters. The lowest BCUT2D eigenvalue weighted by molar-refractivity contribution is -0.153. The molecule has 2 heterocycles. The number of halogens is 3. The Morgan fingerprint density at radius 2 is 2.00 bits per heavy atom. The monoisotopic (exact) mass is 324 g/mol. The molecular formula is C16H15F3N2O2. The van der Waals surface area contributed by atoms with Crippen LogP contribution in [0.4, 0.5) is 13.2 Å². The molecule has 2 N–H and O–H groups in total. The molecule has 0 amide bonds. The summed E-state index contributed by atoms with van der Waals surface area (Å²) in [6.07, 6.45) is -4.34. The second-order valence-electron chi connectivity index (χ2n) is 5.60. The summed E-state index contributed by atoms with van der Waals surface area (Å²) in [4.78, 5) is 0. The average Bonchev–Trinajstić information content (AvgIpc) is 3.07. The Hall–Kier alpha value is -2.44. The molecule has 0 saturated heterocycles. The van der Waals surface area contributed by atoms with E-state index in [1.54, 1.807) is 18.2 Å². The largest absolute Gasteiger partial charge is 0.508 e. The van der Waals surface area contributed by atoms with Gasteiger partial charge in [-0.3, -0.25) is 0 Å². The highest BCUT2D eigenvalue weighted by Crippen LogP contribution is 2.37. The van der Waals surface area contributed by atoms with Crippen molar-refractivity contribution in [1.29, 1.82) is 0 Å². The van der Waals surface area contributed by atoms with Gasteiger partial charge in [-0.25, -0.2) is 0 Å². The molecule has 23 heavy (non-hydrogen) atoms. The zero-order valence-corrected chi connectivity index (χ0v) is 12.5. The van der Waals surface area contributed by atoms with Crippen molar-refractivity contribution < 1.29 is 22.7 Å². The van der Waals surface area contributed by atoms with Gasteiger partial charge in [0.05, 0.1) is 11.8 Å². The van der Waals surface area contributed by atoms with Gasteiger partial charge in [0.15, 0.2) is 0 Å². The summed E-state index contributed by atoms with van der Waals surface area (Å²) >= 11 is 0. The highest BCUT2D eigenvalue weighted by Gasteiger charge is 2.40. The van der Waals surface area contributed by atoms with Crippen LogP contribution in [-0.2, 0) is 6.18 Å². The summed E-state index contributed by atoms with van der Waals surface area (Å²) < 4.78 is 43.9. The van der Waals surface area contributed by atoms with Crippen LogP contribution >= 0.6 is 0 Å². The first kappa shape index (κ1) is 15.5. The van der Waals surface area contributed by atoms with Crippen molar-refractivity contribution in [3.63, 3.8) is 0 Å². The molecule has 1 aromatic carbocycles. The summed E-state index contributed by atoms with van der Waals surface area (Å²) in [7, 11) is 0. The van der Waals surface area contributed by atoms with Gasteiger partial charge in [0.1, 0.15) is 11.5 Å². The molecule has 0 fully saturated rings. The number of phenolic OH excluding ortho intramolecular Hbond substituents is 1. The van der Waals surface area contributed by atoms with Crippen molar-refractivity contribution in [2.75, 3.05) is 0 Å². The molecule has 1 aliphatic heterocycles. The molecular weight excluding hydrogens is 309 g/mol. The van der Waals surface area contributed by atoms with Crippen LogP contribution in [0.3, 0.4) is 0 Å². The number of nitrogens with one attached hydrogen (secondary N) is 1. The third-order valence-electron chi connectivity index (χ3n) is 3.73. The number of nitrogens with zero attached hydrogens (tertiary/aromatic N) is 1. The minimum absolute atomic E-state index is 0.0582. The molecule has 1 aliphatic rings. The lowest BCUT2D eigenvalue weighted by Gasteiger charge is -2.13. The summed E-state index contributed by atoms with van der Waals surface area (Å²) in [5.41, 5.74) is 4.56. The number of hydrogen-bond donors (Lipinski definition) is 2. The molecule has 3 rings (SSSR count). The number of aromatic hydroxyl groups is 1. The predicted octanol–water partition coefficient (Wildman–Crippen LogP) is 4.06. The maximum atomic E-state index is 13.0. The minimum atomic E-state index is -4.57. The van der Waals surface area contributed by atoms with E-state index in [1.807, 2.05) is 6.92 Å². The third kappa shape index (κ3) is 2.91. The third-order valence-corrected chi connectivity index (χ3v) is 3.73. The van der Waals surface area contributed by atoms with Gasteiger partial charge in [-0.15, -0.1) is 0 Å². The molecule has 0 bridgehead atoms. The van der Waals surface area contributed by atoms with Gasteiger partial charge < -0.3 is 14.9 Å². The van der Waals surface area contributed by atoms with Crippen molar-refractivity contribution in [2.24, 2.45) is 5.10 Å². The number of benzene rings is 1. The van der Waals surface area contributed by atoms with Gasteiger partial charge in [0.2, 0.25) is 5.76 Å². The number of hydrazone groups is 1. The van der Waals surface area contributed by atoms with Crippen LogP contribution in [0.25, 0.3) is 0 Å². The Morgan fingerprint density at radius 1 is 1.26 bits per heavy atom. The van der Waals surface area contributed by atoms with Gasteiger partial charge >= 0.3 is 6.18 Å². The van der Waals surface area contributed by atoms with Crippen molar-refractivity contribution in [1.82, 2.24) is 5.43 Å². The molecule has 7 heteroatoms. The van der Waals surface area contributed by atoms with Gasteiger partial charge in [-0.05, 0) is 26.0 Å². The van der Waals surface area contributed by atoms with E-state index in [1.165, 1.54) is 13.0 Å². The maximum Gasteiger partial charge on any atom is 0.450 e. The summed E-state index contributed by atoms with van der Waals surface area (Å²) in [6, 6.07) is 6.07. The fourth-order valence-electron chi connectivity index (χ4n) is 2.68. The second kappa shape index (κ2) is 5.33. The highest BCUT2D eigenvalue weighted by atomic mass is 19.4. The number of phenols is 1. The van der Waals surface area contributed by atoms with Crippen LogP contribution in [-0.4, -0.2) is 10.8 Å². The molecule has 1 unspecified atom stereocenters. The number of furan rings is 1. The number of hydrogen-bond acceptors (Lipinski definition) is 4. The minimum Gasteiger partial charge on any atom is -0.508 e. The average molecular weight is 324 g/mol. The van der Waals surface area contributed by atoms with Crippen LogP contribution in [0.1, 0.15) is 40.7 Å². The normalized spacial score (nSPS) is 18.0. The first-order valence-corrected chi connectivity index (χ1v) is 7.05. The summed E-state index contributed by atoms with van der Waals surface area (Å²) in [5, 5.41) is 14.0. The fraction of sp³-hybridized carbons (Fsp3) is 0.312. The molecule has 4 nitrogen and oxygen atoms in total. The molecule has 0 saturated carbocycles. The Balaban J connectivity index is 1.90. The van der Waals surface area contributed by atoms with Crippen LogP contribution in [0.15, 0.2) is 33.8 Å². The molecule has 0 spiro atoms. The molecule has 122 valence electrons. The lowest BCUT2D eigenvalue weighted by Crippen LogP contribution is -2.12. The van der Waals surface area contributed by atoms with Gasteiger partial charge in [0, 0.05) is 17.5 Å². The lowest BCUT2D eigenvalue weighted by atomic mass is 9.97. The van der Waals surface area contributed by atoms with Gasteiger partial charge in [-0.1, -0.05) is 17.7 Å². The van der Waals surface area contributed by atoms with Crippen LogP contribution < -0.4 is 5.43 Å². The van der Waals surface area contributed by atoms with E-state index in [0.29, 0.717) is 5.56 Å². The van der Waals surface area contributed by atoms with E-state index < -0.39 is 11.9 Å². The fourth-order valence-corrected chi connectivity index (χ4v) is 2.68. The summed E-state index contributed by atoms with van der Waals surface area (Å²) in [6.45, 7) is 3.34. The van der Waals surface area contributed by atoms with E-state index in [4.69, 9.17) is 4.42 Å². The first-order chi connectivity index (χ1) is 10.8. The highest BCUT2D eigenvalue weighted by molar-refractivity contribution is 6.03. The maximum absolute atomic E-state index is 13.0. The first-order valence-electron chi connectivity index (χ1n) is 7.05. The van der Waals surface area contributed by atoms with E-state index >= 15 is 0 Å². The number of rotatable bonds is 2. The Labute approximate surface area is 130 Å². The van der Waals surface area contributed by atoms with E-state index in [-0.39, 0.29) is 35.2 Å². The predicted molar refractivity (Wildman–Crippen MR) is 78.3 cm³/mol. The van der Waals surface area contributed by atoms with Gasteiger partial charge in [-0.2, -0.15) is 18.3 Å². The number of alkyl halides is 3. The van der Waals surface area contributed by atoms with Crippen molar-refractivity contribution in [3.05, 3.63) is 52.5 Å². The topological polar surface area (TPSA) is 57.8 Å². The van der Waals surface area contributed by atoms with E-state index in [9.17, 15) is 18.3 Å². The van der Waals surface area contributed by atoms with Crippen molar-refractivity contribution >= 4 is 5.71 Å². The standard InChI is InChI=1S/C16H15F3N2O2/c1-8-3-4-14(22)10(5-8)12-7-13(21-20-12)11-6-9(2)23-15(11)16(17,18)19/h3-6,12,20,22H,7H2,1-2H3. The summed E-state index contributed by atoms with van der Waals surface area (Å²) in [5.74, 6) is -0.773. The van der Waals surface area contributed by atoms with Crippen LogP contribution in [0, 0.1) is 13.8 Å². The second-order valence-corrected chi connectivity index (χ2v) is 5.60. The quantitative estimate of drug-likeness (QED) is 0.876. The smallest absolute Gasteiger partial charge is 0.450 e. The number of aryl methyl sites for hydroxylation is 2. The van der Waals surface area contributed by atoms with Crippen LogP contribution in [0.2, 0.25) is 0 Å². The van der Waals surface area contributed by atoms with Gasteiger partial charge in [0.25, 0.3) is 0 Å². The SMILES string of the molecule is Cc1ccc(O)c(C2CC(c3cc(C)oc3C(F)(F)F)=NN2)c1. The van der Waals surface area contributed by atoms with Crippen LogP contribution in [0.5, 0.6) is 5.75 Å². The van der Waals surface area contributed by atoms with E-state index in [0.717, 1.165) is 5.56 Å². The Morgan fingerprint density at radius 3 is 2.70 bits per heavy atom. The molecule has 2 aromatic rings. The molecule has 0 radical (unpaired) electrons. The Bertz CT molecular complexity index is 778. The van der Waals surface area contributed by atoms with E-state index in [2.05, 4.69) is 10.5 Å². The zero-order valence-electron chi connectivity index (χ0n) is 12.5.